The van der Waals surface area contributed by atoms with Gasteiger partial charge in [0.05, 0.1) is 5.69 Å². The van der Waals surface area contributed by atoms with E-state index in [1.165, 1.54) is 19.1 Å². The van der Waals surface area contributed by atoms with Crippen molar-refractivity contribution in [1.82, 2.24) is 0 Å². The molecule has 7 heteroatoms. The number of carbonyl (C=O) groups is 2. The molecule has 1 amide bonds. The van der Waals surface area contributed by atoms with Crippen LogP contribution in [0.5, 0.6) is 0 Å². The summed E-state index contributed by atoms with van der Waals surface area (Å²) in [6.45, 7) is 6.55. The van der Waals surface area contributed by atoms with Gasteiger partial charge in [-0.15, -0.1) is 0 Å². The van der Waals surface area contributed by atoms with Crippen LogP contribution in [0.1, 0.15) is 27.7 Å². The Hall–Kier alpha value is -2.31. The number of rotatable bonds is 4. The molecular weight excluding hydrogens is 279 g/mol. The van der Waals surface area contributed by atoms with E-state index < -0.39 is 29.5 Å². The van der Waals surface area contributed by atoms with Gasteiger partial charge in [0.15, 0.2) is 0 Å². The maximum Gasteiger partial charge on any atom is 0.412 e. The van der Waals surface area contributed by atoms with E-state index >= 15 is 0 Å². The van der Waals surface area contributed by atoms with Crippen molar-refractivity contribution >= 4 is 23.4 Å². The SMILES string of the molecule is CC(Nc1cc(NC(=O)OC(C)(C)C)ccc1F)C(=O)O. The molecule has 1 atom stereocenters. The van der Waals surface area contributed by atoms with Crippen molar-refractivity contribution in [3.63, 3.8) is 0 Å². The molecule has 0 aliphatic carbocycles. The lowest BCUT2D eigenvalue weighted by Gasteiger charge is -2.20. The van der Waals surface area contributed by atoms with Crippen LogP contribution < -0.4 is 10.6 Å². The number of carboxylic acids is 1. The molecule has 116 valence electrons. The lowest BCUT2D eigenvalue weighted by atomic mass is 10.2. The molecule has 0 heterocycles. The second kappa shape index (κ2) is 6.43. The van der Waals surface area contributed by atoms with E-state index in [1.54, 1.807) is 20.8 Å². The fraction of sp³-hybridized carbons (Fsp3) is 0.429. The number of amides is 1. The molecule has 0 radical (unpaired) electrons. The van der Waals surface area contributed by atoms with Crippen LogP contribution in [-0.4, -0.2) is 28.8 Å². The normalized spacial score (nSPS) is 12.4. The molecule has 0 saturated carbocycles. The highest BCUT2D eigenvalue weighted by molar-refractivity contribution is 5.86. The minimum Gasteiger partial charge on any atom is -0.480 e. The summed E-state index contributed by atoms with van der Waals surface area (Å²) in [7, 11) is 0. The van der Waals surface area contributed by atoms with E-state index in [0.717, 1.165) is 6.07 Å². The first kappa shape index (κ1) is 16.7. The quantitative estimate of drug-likeness (QED) is 0.795. The van der Waals surface area contributed by atoms with Crippen LogP contribution in [0.4, 0.5) is 20.6 Å². The number of carboxylic acid groups (broad SMARTS) is 1. The molecule has 0 aliphatic rings. The van der Waals surface area contributed by atoms with Crippen LogP contribution in [0.15, 0.2) is 18.2 Å². The number of hydrogen-bond acceptors (Lipinski definition) is 4. The predicted octanol–water partition coefficient (Wildman–Crippen LogP) is 3.06. The Morgan fingerprint density at radius 3 is 2.48 bits per heavy atom. The van der Waals surface area contributed by atoms with Gasteiger partial charge in [-0.25, -0.2) is 9.18 Å². The Morgan fingerprint density at radius 1 is 1.33 bits per heavy atom. The number of aliphatic carboxylic acids is 1. The van der Waals surface area contributed by atoms with E-state index in [0.29, 0.717) is 5.69 Å². The van der Waals surface area contributed by atoms with Crippen LogP contribution in [0, 0.1) is 5.82 Å². The van der Waals surface area contributed by atoms with E-state index in [9.17, 15) is 14.0 Å². The van der Waals surface area contributed by atoms with Crippen molar-refractivity contribution in [2.75, 3.05) is 10.6 Å². The van der Waals surface area contributed by atoms with Gasteiger partial charge in [-0.2, -0.15) is 0 Å². The van der Waals surface area contributed by atoms with Crippen LogP contribution in [0.2, 0.25) is 0 Å². The van der Waals surface area contributed by atoms with Gasteiger partial charge < -0.3 is 15.2 Å². The fourth-order valence-corrected chi connectivity index (χ4v) is 1.43. The number of carbonyl (C=O) groups excluding carboxylic acids is 1. The summed E-state index contributed by atoms with van der Waals surface area (Å²) in [5, 5.41) is 13.8. The summed E-state index contributed by atoms with van der Waals surface area (Å²) in [4.78, 5) is 22.4. The van der Waals surface area contributed by atoms with Crippen molar-refractivity contribution in [2.45, 2.75) is 39.3 Å². The third-order valence-corrected chi connectivity index (χ3v) is 2.35. The number of benzene rings is 1. The molecule has 0 aliphatic heterocycles. The average molecular weight is 298 g/mol. The molecule has 0 spiro atoms. The number of nitrogens with one attached hydrogen (secondary N) is 2. The summed E-state index contributed by atoms with van der Waals surface area (Å²) in [5.41, 5.74) is -0.368. The minimum atomic E-state index is -1.11. The number of hydrogen-bond donors (Lipinski definition) is 3. The highest BCUT2D eigenvalue weighted by Crippen LogP contribution is 2.21. The van der Waals surface area contributed by atoms with Crippen molar-refractivity contribution in [2.24, 2.45) is 0 Å². The smallest absolute Gasteiger partial charge is 0.412 e. The zero-order chi connectivity index (χ0) is 16.2. The summed E-state index contributed by atoms with van der Waals surface area (Å²) >= 11 is 0. The maximum atomic E-state index is 13.6. The molecule has 21 heavy (non-hydrogen) atoms. The van der Waals surface area contributed by atoms with Gasteiger partial charge in [0, 0.05) is 5.69 Å². The Balaban J connectivity index is 2.82. The van der Waals surface area contributed by atoms with E-state index in [1.807, 2.05) is 0 Å². The summed E-state index contributed by atoms with van der Waals surface area (Å²) in [5.74, 6) is -1.72. The van der Waals surface area contributed by atoms with E-state index in [-0.39, 0.29) is 5.69 Å². The molecule has 0 aromatic heterocycles. The molecule has 0 bridgehead atoms. The van der Waals surface area contributed by atoms with Gasteiger partial charge >= 0.3 is 12.1 Å². The Morgan fingerprint density at radius 2 is 1.95 bits per heavy atom. The monoisotopic (exact) mass is 298 g/mol. The summed E-state index contributed by atoms with van der Waals surface area (Å²) in [6, 6.07) is 2.83. The molecule has 1 rings (SSSR count). The first-order chi connectivity index (χ1) is 9.58. The van der Waals surface area contributed by atoms with Crippen molar-refractivity contribution in [1.29, 1.82) is 0 Å². The molecular formula is C14H19FN2O4. The maximum absolute atomic E-state index is 13.6. The topological polar surface area (TPSA) is 87.7 Å². The highest BCUT2D eigenvalue weighted by Gasteiger charge is 2.17. The predicted molar refractivity (Wildman–Crippen MR) is 77.0 cm³/mol. The van der Waals surface area contributed by atoms with E-state index in [2.05, 4.69) is 10.6 Å². The lowest BCUT2D eigenvalue weighted by Crippen LogP contribution is -2.27. The number of ether oxygens (including phenoxy) is 1. The molecule has 3 N–H and O–H groups in total. The van der Waals surface area contributed by atoms with Gasteiger partial charge in [-0.3, -0.25) is 10.1 Å². The van der Waals surface area contributed by atoms with Gasteiger partial charge in [0.1, 0.15) is 17.5 Å². The fourth-order valence-electron chi connectivity index (χ4n) is 1.43. The molecule has 1 unspecified atom stereocenters. The largest absolute Gasteiger partial charge is 0.480 e. The second-order valence-corrected chi connectivity index (χ2v) is 5.53. The minimum absolute atomic E-state index is 0.0153. The van der Waals surface area contributed by atoms with Crippen LogP contribution >= 0.6 is 0 Å². The van der Waals surface area contributed by atoms with Gasteiger partial charge in [0.25, 0.3) is 0 Å². The molecule has 1 aromatic carbocycles. The molecule has 1 aromatic rings. The average Bonchev–Trinajstić information content (AvgIpc) is 2.30. The zero-order valence-corrected chi connectivity index (χ0v) is 12.4. The van der Waals surface area contributed by atoms with Crippen LogP contribution in [0.3, 0.4) is 0 Å². The van der Waals surface area contributed by atoms with Crippen LogP contribution in [0.25, 0.3) is 0 Å². The Kier molecular flexibility index (Phi) is 5.12. The zero-order valence-electron chi connectivity index (χ0n) is 12.4. The third-order valence-electron chi connectivity index (χ3n) is 2.35. The van der Waals surface area contributed by atoms with Gasteiger partial charge in [-0.05, 0) is 45.9 Å². The van der Waals surface area contributed by atoms with Gasteiger partial charge in [-0.1, -0.05) is 0 Å². The summed E-state index contributed by atoms with van der Waals surface area (Å²) < 4.78 is 18.7. The number of halogens is 1. The third kappa shape index (κ3) is 5.68. The molecule has 0 fully saturated rings. The second-order valence-electron chi connectivity index (χ2n) is 5.53. The first-order valence-electron chi connectivity index (χ1n) is 6.37. The van der Waals surface area contributed by atoms with Crippen molar-refractivity contribution in [3.8, 4) is 0 Å². The Labute approximate surface area is 122 Å². The molecule has 6 nitrogen and oxygen atoms in total. The highest BCUT2D eigenvalue weighted by atomic mass is 19.1. The lowest BCUT2D eigenvalue weighted by molar-refractivity contribution is -0.137. The standard InChI is InChI=1S/C14H19FN2O4/c1-8(12(18)19)16-11-7-9(5-6-10(11)15)17-13(20)21-14(2,3)4/h5-8,16H,1-4H3,(H,17,20)(H,18,19). The van der Waals surface area contributed by atoms with Crippen molar-refractivity contribution in [3.05, 3.63) is 24.0 Å². The van der Waals surface area contributed by atoms with Gasteiger partial charge in [0.2, 0.25) is 0 Å². The number of anilines is 2. The van der Waals surface area contributed by atoms with E-state index in [4.69, 9.17) is 9.84 Å². The van der Waals surface area contributed by atoms with Crippen molar-refractivity contribution < 1.29 is 23.8 Å². The first-order valence-corrected chi connectivity index (χ1v) is 6.37. The molecule has 0 saturated heterocycles. The summed E-state index contributed by atoms with van der Waals surface area (Å²) in [6.07, 6.45) is -0.675. The Bertz CT molecular complexity index is 540. The van der Waals surface area contributed by atoms with Crippen LogP contribution in [-0.2, 0) is 9.53 Å².